The molecule has 0 unspecified atom stereocenters. The number of aromatic nitrogens is 2. The normalized spacial score (nSPS) is 14.6. The van der Waals surface area contributed by atoms with Crippen LogP contribution in [0.1, 0.15) is 49.9 Å². The van der Waals surface area contributed by atoms with Crippen LogP contribution in [0.2, 0.25) is 0 Å². The Morgan fingerprint density at radius 1 is 1.29 bits per heavy atom. The van der Waals surface area contributed by atoms with Gasteiger partial charge in [-0.25, -0.2) is 0 Å². The van der Waals surface area contributed by atoms with E-state index in [2.05, 4.69) is 41.4 Å². The van der Waals surface area contributed by atoms with Gasteiger partial charge in [0.15, 0.2) is 6.61 Å². The lowest BCUT2D eigenvalue weighted by molar-refractivity contribution is 0.285. The number of hydrogen-bond acceptors (Lipinski definition) is 5. The first kappa shape index (κ1) is 14.1. The fourth-order valence-electron chi connectivity index (χ4n) is 2.00. The summed E-state index contributed by atoms with van der Waals surface area (Å²) in [6.07, 6.45) is 2.32. The van der Waals surface area contributed by atoms with Gasteiger partial charge in [0.2, 0.25) is 11.7 Å². The number of nitrogens with zero attached hydrogens (tertiary/aromatic N) is 2. The molecule has 1 aliphatic carbocycles. The zero-order valence-electron chi connectivity index (χ0n) is 12.5. The van der Waals surface area contributed by atoms with Gasteiger partial charge in [0.1, 0.15) is 5.75 Å². The van der Waals surface area contributed by atoms with Crippen molar-refractivity contribution in [2.45, 2.75) is 51.8 Å². The largest absolute Gasteiger partial charge is 0.485 e. The molecule has 1 fully saturated rings. The van der Waals surface area contributed by atoms with Crippen molar-refractivity contribution < 1.29 is 9.26 Å². The van der Waals surface area contributed by atoms with Gasteiger partial charge in [-0.1, -0.05) is 31.1 Å². The predicted molar refractivity (Wildman–Crippen MR) is 79.0 cm³/mol. The van der Waals surface area contributed by atoms with Crippen LogP contribution in [0.15, 0.2) is 28.8 Å². The third kappa shape index (κ3) is 4.04. The highest BCUT2D eigenvalue weighted by Crippen LogP contribution is 2.38. The number of ether oxygens (including phenoxy) is 1. The van der Waals surface area contributed by atoms with E-state index >= 15 is 0 Å². The zero-order chi connectivity index (χ0) is 14.7. The second kappa shape index (κ2) is 6.26. The molecule has 112 valence electrons. The van der Waals surface area contributed by atoms with Crippen molar-refractivity contribution in [2.75, 3.05) is 0 Å². The van der Waals surface area contributed by atoms with Crippen LogP contribution in [0.25, 0.3) is 0 Å². The second-order valence-corrected chi connectivity index (χ2v) is 5.79. The van der Waals surface area contributed by atoms with Gasteiger partial charge < -0.3 is 14.6 Å². The molecule has 1 heterocycles. The molecule has 1 N–H and O–H groups in total. The highest BCUT2D eigenvalue weighted by atomic mass is 16.5. The molecule has 0 amide bonds. The summed E-state index contributed by atoms with van der Waals surface area (Å²) in [7, 11) is 0. The Labute approximate surface area is 124 Å². The lowest BCUT2D eigenvalue weighted by Gasteiger charge is -2.09. The smallest absolute Gasteiger partial charge is 0.229 e. The van der Waals surface area contributed by atoms with E-state index in [1.807, 2.05) is 12.1 Å². The van der Waals surface area contributed by atoms with Gasteiger partial charge >= 0.3 is 0 Å². The maximum Gasteiger partial charge on any atom is 0.229 e. The molecule has 5 heteroatoms. The number of benzene rings is 1. The Balaban J connectivity index is 1.50. The fraction of sp³-hybridized carbons (Fsp3) is 0.500. The van der Waals surface area contributed by atoms with Gasteiger partial charge in [0, 0.05) is 18.5 Å². The molecule has 0 aliphatic heterocycles. The van der Waals surface area contributed by atoms with E-state index in [0.717, 1.165) is 31.0 Å². The zero-order valence-corrected chi connectivity index (χ0v) is 12.5. The Kier molecular flexibility index (Phi) is 4.20. The Bertz CT molecular complexity index is 573. The molecule has 0 saturated heterocycles. The van der Waals surface area contributed by atoms with Crippen molar-refractivity contribution >= 4 is 0 Å². The van der Waals surface area contributed by atoms with E-state index in [-0.39, 0.29) is 0 Å². The van der Waals surface area contributed by atoms with Gasteiger partial charge in [0.25, 0.3) is 0 Å². The van der Waals surface area contributed by atoms with Crippen LogP contribution in [0.3, 0.4) is 0 Å². The minimum Gasteiger partial charge on any atom is -0.485 e. The average molecular weight is 287 g/mol. The first-order chi connectivity index (χ1) is 10.2. The van der Waals surface area contributed by atoms with Crippen molar-refractivity contribution in [1.29, 1.82) is 0 Å². The van der Waals surface area contributed by atoms with Crippen molar-refractivity contribution in [1.82, 2.24) is 15.5 Å². The van der Waals surface area contributed by atoms with Crippen molar-refractivity contribution in [3.63, 3.8) is 0 Å². The average Bonchev–Trinajstić information content (AvgIpc) is 3.23. The lowest BCUT2D eigenvalue weighted by Crippen LogP contribution is -2.21. The standard InChI is InChI=1S/C16H21N3O2/c1-11(2)17-9-12-3-7-14(8-4-12)20-10-15-18-16(21-19-15)13-5-6-13/h3-4,7-8,11,13,17H,5-6,9-10H2,1-2H3. The van der Waals surface area contributed by atoms with Gasteiger partial charge in [-0.3, -0.25) is 0 Å². The number of nitrogens with one attached hydrogen (secondary N) is 1. The molecule has 5 nitrogen and oxygen atoms in total. The van der Waals surface area contributed by atoms with Crippen LogP contribution in [-0.2, 0) is 13.2 Å². The maximum absolute atomic E-state index is 5.68. The lowest BCUT2D eigenvalue weighted by atomic mass is 10.2. The topological polar surface area (TPSA) is 60.2 Å². The summed E-state index contributed by atoms with van der Waals surface area (Å²) in [6, 6.07) is 8.56. The third-order valence-electron chi connectivity index (χ3n) is 3.42. The first-order valence-electron chi connectivity index (χ1n) is 7.48. The summed E-state index contributed by atoms with van der Waals surface area (Å²) < 4.78 is 10.9. The van der Waals surface area contributed by atoms with Crippen LogP contribution in [-0.4, -0.2) is 16.2 Å². The quantitative estimate of drug-likeness (QED) is 0.848. The molecule has 0 spiro atoms. The van der Waals surface area contributed by atoms with Crippen LogP contribution in [0.5, 0.6) is 5.75 Å². The van der Waals surface area contributed by atoms with Crippen LogP contribution >= 0.6 is 0 Å². The summed E-state index contributed by atoms with van der Waals surface area (Å²) in [6.45, 7) is 5.49. The van der Waals surface area contributed by atoms with Gasteiger partial charge in [-0.15, -0.1) is 0 Å². The van der Waals surface area contributed by atoms with E-state index in [1.54, 1.807) is 0 Å². The predicted octanol–water partition coefficient (Wildman–Crippen LogP) is 3.02. The van der Waals surface area contributed by atoms with Crippen LogP contribution < -0.4 is 10.1 Å². The minimum atomic E-state index is 0.347. The number of hydrogen-bond donors (Lipinski definition) is 1. The van der Waals surface area contributed by atoms with Gasteiger partial charge in [-0.05, 0) is 30.5 Å². The first-order valence-corrected chi connectivity index (χ1v) is 7.48. The van der Waals surface area contributed by atoms with Crippen LogP contribution in [0.4, 0.5) is 0 Å². The summed E-state index contributed by atoms with van der Waals surface area (Å²) in [5.41, 5.74) is 1.24. The fourth-order valence-corrected chi connectivity index (χ4v) is 2.00. The van der Waals surface area contributed by atoms with Crippen LogP contribution in [0, 0.1) is 0 Å². The van der Waals surface area contributed by atoms with Gasteiger partial charge in [-0.2, -0.15) is 4.98 Å². The summed E-state index contributed by atoms with van der Waals surface area (Å²) in [5, 5.41) is 7.32. The maximum atomic E-state index is 5.68. The molecule has 1 saturated carbocycles. The van der Waals surface area contributed by atoms with E-state index in [1.165, 1.54) is 5.56 Å². The molecule has 21 heavy (non-hydrogen) atoms. The Morgan fingerprint density at radius 2 is 2.05 bits per heavy atom. The molecule has 0 bridgehead atoms. The highest BCUT2D eigenvalue weighted by molar-refractivity contribution is 5.27. The van der Waals surface area contributed by atoms with Crippen molar-refractivity contribution in [3.8, 4) is 5.75 Å². The SMILES string of the molecule is CC(C)NCc1ccc(OCc2noc(C3CC3)n2)cc1. The van der Waals surface area contributed by atoms with E-state index in [9.17, 15) is 0 Å². The molecular weight excluding hydrogens is 266 g/mol. The third-order valence-corrected chi connectivity index (χ3v) is 3.42. The summed E-state index contributed by atoms with van der Waals surface area (Å²) >= 11 is 0. The molecule has 1 aromatic heterocycles. The Morgan fingerprint density at radius 3 is 2.71 bits per heavy atom. The molecular formula is C16H21N3O2. The van der Waals surface area contributed by atoms with E-state index in [4.69, 9.17) is 9.26 Å². The molecule has 1 aromatic carbocycles. The second-order valence-electron chi connectivity index (χ2n) is 5.79. The van der Waals surface area contributed by atoms with Crippen molar-refractivity contribution in [3.05, 3.63) is 41.5 Å². The highest BCUT2D eigenvalue weighted by Gasteiger charge is 2.29. The Hall–Kier alpha value is -1.88. The summed E-state index contributed by atoms with van der Waals surface area (Å²) in [5.74, 6) is 2.67. The molecule has 2 aromatic rings. The molecule has 3 rings (SSSR count). The van der Waals surface area contributed by atoms with Gasteiger partial charge in [0.05, 0.1) is 0 Å². The minimum absolute atomic E-state index is 0.347. The molecule has 1 aliphatic rings. The molecule has 0 radical (unpaired) electrons. The van der Waals surface area contributed by atoms with E-state index in [0.29, 0.717) is 24.4 Å². The molecule has 0 atom stereocenters. The number of rotatable bonds is 7. The van der Waals surface area contributed by atoms with E-state index < -0.39 is 0 Å². The monoisotopic (exact) mass is 287 g/mol. The van der Waals surface area contributed by atoms with Crippen molar-refractivity contribution in [2.24, 2.45) is 0 Å². The summed E-state index contributed by atoms with van der Waals surface area (Å²) in [4.78, 5) is 4.34.